The van der Waals surface area contributed by atoms with E-state index in [4.69, 9.17) is 19.4 Å². The van der Waals surface area contributed by atoms with E-state index in [1.807, 2.05) is 25.7 Å². The molecule has 32 heavy (non-hydrogen) atoms. The summed E-state index contributed by atoms with van der Waals surface area (Å²) in [5, 5.41) is 2.82. The van der Waals surface area contributed by atoms with Crippen LogP contribution in [-0.2, 0) is 11.2 Å². The Balaban J connectivity index is 1.81. The summed E-state index contributed by atoms with van der Waals surface area (Å²) < 4.78 is 10.8. The molecule has 1 atom stereocenters. The van der Waals surface area contributed by atoms with Crippen molar-refractivity contribution < 1.29 is 19.1 Å². The van der Waals surface area contributed by atoms with Crippen molar-refractivity contribution in [2.75, 3.05) is 33.9 Å². The van der Waals surface area contributed by atoms with Crippen LogP contribution < -0.4 is 14.8 Å². The number of benzene rings is 1. The lowest BCUT2D eigenvalue weighted by Crippen LogP contribution is -2.39. The number of hydrogen-bond donors (Lipinski definition) is 1. The van der Waals surface area contributed by atoms with E-state index < -0.39 is 0 Å². The first-order valence-corrected chi connectivity index (χ1v) is 11.0. The maximum absolute atomic E-state index is 13.3. The van der Waals surface area contributed by atoms with E-state index in [1.54, 1.807) is 25.3 Å². The molecule has 3 rings (SSSR count). The third-order valence-electron chi connectivity index (χ3n) is 5.86. The number of rotatable bonds is 7. The van der Waals surface area contributed by atoms with E-state index >= 15 is 0 Å². The Kier molecular flexibility index (Phi) is 7.66. The van der Waals surface area contributed by atoms with Crippen molar-refractivity contribution in [3.63, 3.8) is 0 Å². The number of nitrogens with one attached hydrogen (secondary N) is 1. The normalized spacial score (nSPS) is 15.9. The van der Waals surface area contributed by atoms with Gasteiger partial charge >= 0.3 is 0 Å². The molecule has 1 fully saturated rings. The fourth-order valence-corrected chi connectivity index (χ4v) is 4.22. The molecular formula is C24H32N4O4. The molecule has 1 aromatic carbocycles. The molecule has 1 saturated heterocycles. The first-order valence-electron chi connectivity index (χ1n) is 11.0. The van der Waals surface area contributed by atoms with E-state index in [-0.39, 0.29) is 24.2 Å². The molecule has 2 heterocycles. The predicted octanol–water partition coefficient (Wildman–Crippen LogP) is 2.81. The minimum Gasteiger partial charge on any atom is -0.493 e. The summed E-state index contributed by atoms with van der Waals surface area (Å²) in [6, 6.07) is 5.32. The molecule has 1 aromatic heterocycles. The summed E-state index contributed by atoms with van der Waals surface area (Å²) in [6.45, 7) is 7.53. The minimum atomic E-state index is -0.0910. The summed E-state index contributed by atoms with van der Waals surface area (Å²) in [5.74, 6) is 1.63. The lowest BCUT2D eigenvalue weighted by atomic mass is 9.95. The van der Waals surface area contributed by atoms with E-state index in [9.17, 15) is 9.59 Å². The number of ether oxygens (including phenoxy) is 2. The van der Waals surface area contributed by atoms with Crippen molar-refractivity contribution in [3.05, 3.63) is 46.5 Å². The fourth-order valence-electron chi connectivity index (χ4n) is 4.22. The zero-order valence-corrected chi connectivity index (χ0v) is 19.5. The van der Waals surface area contributed by atoms with Gasteiger partial charge < -0.3 is 19.7 Å². The zero-order valence-electron chi connectivity index (χ0n) is 19.5. The van der Waals surface area contributed by atoms with Crippen molar-refractivity contribution >= 4 is 11.8 Å². The van der Waals surface area contributed by atoms with Crippen LogP contribution >= 0.6 is 0 Å². The van der Waals surface area contributed by atoms with Crippen LogP contribution in [0.15, 0.2) is 18.2 Å². The number of para-hydroxylation sites is 1. The lowest BCUT2D eigenvalue weighted by Gasteiger charge is -2.32. The second kappa shape index (κ2) is 10.4. The first-order chi connectivity index (χ1) is 15.4. The van der Waals surface area contributed by atoms with Crippen LogP contribution in [0.2, 0.25) is 0 Å². The number of hydrogen-bond acceptors (Lipinski definition) is 6. The molecule has 0 unspecified atom stereocenters. The summed E-state index contributed by atoms with van der Waals surface area (Å²) in [6.07, 6.45) is 2.05. The Morgan fingerprint density at radius 2 is 1.88 bits per heavy atom. The average Bonchev–Trinajstić information content (AvgIpc) is 2.80. The summed E-state index contributed by atoms with van der Waals surface area (Å²) in [5.41, 5.74) is 2.98. The number of nitrogens with zero attached hydrogens (tertiary/aromatic N) is 3. The van der Waals surface area contributed by atoms with Crippen LogP contribution in [0.1, 0.15) is 58.8 Å². The number of carbonyl (C=O) groups is 2. The molecule has 0 aliphatic carbocycles. The highest BCUT2D eigenvalue weighted by molar-refractivity contribution is 5.98. The smallest absolute Gasteiger partial charge is 0.257 e. The standard InChI is InChI=1S/C24H32N4O4/c1-6-25-21(29)13-19-15(2)26-23(27-16(19)3)17-9-8-12-28(14-17)24(30)18-10-7-11-20(31-4)22(18)32-5/h7,10-11,17H,6,8-9,12-14H2,1-5H3,(H,25,29)/t17-/m1/s1. The van der Waals surface area contributed by atoms with Gasteiger partial charge in [0.2, 0.25) is 5.91 Å². The van der Waals surface area contributed by atoms with Crippen LogP contribution in [0, 0.1) is 13.8 Å². The molecule has 0 radical (unpaired) electrons. The second-order valence-electron chi connectivity index (χ2n) is 7.99. The monoisotopic (exact) mass is 440 g/mol. The maximum Gasteiger partial charge on any atom is 0.257 e. The molecule has 0 saturated carbocycles. The number of piperidine rings is 1. The van der Waals surface area contributed by atoms with Gasteiger partial charge in [-0.25, -0.2) is 9.97 Å². The van der Waals surface area contributed by atoms with Gasteiger partial charge in [0.15, 0.2) is 11.5 Å². The number of methoxy groups -OCH3 is 2. The molecule has 172 valence electrons. The Hall–Kier alpha value is -3.16. The van der Waals surface area contributed by atoms with E-state index in [0.717, 1.165) is 35.6 Å². The van der Waals surface area contributed by atoms with Gasteiger partial charge in [0.05, 0.1) is 26.2 Å². The number of likely N-dealkylation sites (N-methyl/N-ethyl adjacent to an activating group) is 1. The van der Waals surface area contributed by atoms with Crippen molar-refractivity contribution in [1.82, 2.24) is 20.2 Å². The van der Waals surface area contributed by atoms with Crippen LogP contribution in [-0.4, -0.2) is 60.5 Å². The molecule has 2 amide bonds. The van der Waals surface area contributed by atoms with Gasteiger partial charge in [-0.2, -0.15) is 0 Å². The average molecular weight is 441 g/mol. The number of likely N-dealkylation sites (tertiary alicyclic amines) is 1. The quantitative estimate of drug-likeness (QED) is 0.712. The molecule has 0 bridgehead atoms. The third-order valence-corrected chi connectivity index (χ3v) is 5.86. The molecule has 1 aliphatic rings. The van der Waals surface area contributed by atoms with Gasteiger partial charge in [-0.05, 0) is 45.7 Å². The van der Waals surface area contributed by atoms with Gasteiger partial charge in [0.25, 0.3) is 5.91 Å². The minimum absolute atomic E-state index is 0.0308. The summed E-state index contributed by atoms with van der Waals surface area (Å²) in [7, 11) is 3.09. The molecule has 1 aliphatic heterocycles. The number of carbonyl (C=O) groups excluding carboxylic acids is 2. The third kappa shape index (κ3) is 5.00. The Bertz CT molecular complexity index is 969. The van der Waals surface area contributed by atoms with Crippen molar-refractivity contribution in [2.24, 2.45) is 0 Å². The Morgan fingerprint density at radius 3 is 2.50 bits per heavy atom. The predicted molar refractivity (Wildman–Crippen MR) is 121 cm³/mol. The van der Waals surface area contributed by atoms with Crippen LogP contribution in [0.4, 0.5) is 0 Å². The maximum atomic E-state index is 13.3. The van der Waals surface area contributed by atoms with Crippen molar-refractivity contribution in [2.45, 2.75) is 46.0 Å². The van der Waals surface area contributed by atoms with E-state index in [2.05, 4.69) is 5.32 Å². The molecule has 2 aromatic rings. The van der Waals surface area contributed by atoms with E-state index in [1.165, 1.54) is 7.11 Å². The molecule has 0 spiro atoms. The lowest BCUT2D eigenvalue weighted by molar-refractivity contribution is -0.120. The highest BCUT2D eigenvalue weighted by Crippen LogP contribution is 2.33. The zero-order chi connectivity index (χ0) is 23.3. The number of aryl methyl sites for hydroxylation is 2. The van der Waals surface area contributed by atoms with Gasteiger partial charge in [-0.15, -0.1) is 0 Å². The fraction of sp³-hybridized carbons (Fsp3) is 0.500. The second-order valence-corrected chi connectivity index (χ2v) is 7.99. The highest BCUT2D eigenvalue weighted by atomic mass is 16.5. The van der Waals surface area contributed by atoms with E-state index in [0.29, 0.717) is 36.7 Å². The number of amides is 2. The Morgan fingerprint density at radius 1 is 1.16 bits per heavy atom. The van der Waals surface area contributed by atoms with Crippen molar-refractivity contribution in [3.8, 4) is 11.5 Å². The highest BCUT2D eigenvalue weighted by Gasteiger charge is 2.30. The Labute approximate surface area is 189 Å². The largest absolute Gasteiger partial charge is 0.493 e. The molecular weight excluding hydrogens is 408 g/mol. The molecule has 1 N–H and O–H groups in total. The molecule has 8 heteroatoms. The van der Waals surface area contributed by atoms with Crippen LogP contribution in [0.5, 0.6) is 11.5 Å². The topological polar surface area (TPSA) is 93.7 Å². The SMILES string of the molecule is CCNC(=O)Cc1c(C)nc([C@@H]2CCCN(C(=O)c3cccc(OC)c3OC)C2)nc1C. The summed E-state index contributed by atoms with van der Waals surface area (Å²) >= 11 is 0. The number of aromatic nitrogens is 2. The van der Waals surface area contributed by atoms with Crippen LogP contribution in [0.25, 0.3) is 0 Å². The van der Waals surface area contributed by atoms with Gasteiger partial charge in [-0.1, -0.05) is 6.07 Å². The molecule has 8 nitrogen and oxygen atoms in total. The van der Waals surface area contributed by atoms with Crippen LogP contribution in [0.3, 0.4) is 0 Å². The van der Waals surface area contributed by atoms with Gasteiger partial charge in [-0.3, -0.25) is 9.59 Å². The van der Waals surface area contributed by atoms with Gasteiger partial charge in [0.1, 0.15) is 5.82 Å². The summed E-state index contributed by atoms with van der Waals surface area (Å²) in [4.78, 5) is 36.6. The van der Waals surface area contributed by atoms with Gasteiger partial charge in [0, 0.05) is 42.5 Å². The van der Waals surface area contributed by atoms with Crippen molar-refractivity contribution in [1.29, 1.82) is 0 Å². The first kappa shape index (κ1) is 23.5.